The van der Waals surface area contributed by atoms with Crippen LogP contribution in [-0.2, 0) is 26.2 Å². The first-order valence-corrected chi connectivity index (χ1v) is 14.6. The second kappa shape index (κ2) is 13.5. The zero-order valence-electron chi connectivity index (χ0n) is 20.8. The maximum Gasteiger partial charge on any atom is 0.242 e. The lowest BCUT2D eigenvalue weighted by atomic mass is 10.1. The highest BCUT2D eigenvalue weighted by molar-refractivity contribution is 7.92. The summed E-state index contributed by atoms with van der Waals surface area (Å²) in [6, 6.07) is 10.8. The Hall–Kier alpha value is -2.00. The van der Waals surface area contributed by atoms with E-state index in [-0.39, 0.29) is 43.8 Å². The molecule has 2 aromatic rings. The van der Waals surface area contributed by atoms with Gasteiger partial charge in [0.25, 0.3) is 0 Å². The summed E-state index contributed by atoms with van der Waals surface area (Å²) >= 11 is 18.2. The van der Waals surface area contributed by atoms with Gasteiger partial charge in [0.05, 0.1) is 22.0 Å². The Bertz CT molecular complexity index is 1180. The number of nitrogens with one attached hydrogen (secondary N) is 1. The van der Waals surface area contributed by atoms with Crippen molar-refractivity contribution in [2.45, 2.75) is 58.7 Å². The summed E-state index contributed by atoms with van der Waals surface area (Å²) in [5.74, 6) is -0.554. The van der Waals surface area contributed by atoms with Crippen LogP contribution < -0.4 is 9.62 Å². The van der Waals surface area contributed by atoms with E-state index < -0.39 is 16.1 Å². The monoisotopic (exact) mass is 575 g/mol. The molecule has 11 heteroatoms. The van der Waals surface area contributed by atoms with Crippen molar-refractivity contribution in [1.29, 1.82) is 0 Å². The van der Waals surface area contributed by atoms with Gasteiger partial charge in [-0.25, -0.2) is 8.42 Å². The number of carbonyl (C=O) groups excluding carboxylic acids is 2. The Morgan fingerprint density at radius 1 is 1.03 bits per heavy atom. The fraction of sp³-hybridized carbons (Fsp3) is 0.440. The summed E-state index contributed by atoms with van der Waals surface area (Å²) in [6.07, 6.45) is 2.14. The van der Waals surface area contributed by atoms with Gasteiger partial charge < -0.3 is 10.2 Å². The van der Waals surface area contributed by atoms with Crippen LogP contribution in [0.15, 0.2) is 42.5 Å². The van der Waals surface area contributed by atoms with Crippen LogP contribution in [-0.4, -0.2) is 50.0 Å². The van der Waals surface area contributed by atoms with E-state index in [1.165, 1.54) is 9.21 Å². The highest BCUT2D eigenvalue weighted by atomic mass is 35.5. The molecule has 0 unspecified atom stereocenters. The van der Waals surface area contributed by atoms with E-state index in [2.05, 4.69) is 5.32 Å². The molecular weight excluding hydrogens is 545 g/mol. The molecule has 2 rings (SSSR count). The van der Waals surface area contributed by atoms with Gasteiger partial charge in [-0.3, -0.25) is 13.9 Å². The second-order valence-corrected chi connectivity index (χ2v) is 11.8. The molecule has 0 aliphatic rings. The maximum absolute atomic E-state index is 13.3. The molecule has 0 spiro atoms. The van der Waals surface area contributed by atoms with Crippen molar-refractivity contribution in [3.05, 3.63) is 63.1 Å². The van der Waals surface area contributed by atoms with Crippen molar-refractivity contribution in [3.8, 4) is 0 Å². The molecule has 1 N–H and O–H groups in total. The third-order valence-electron chi connectivity index (χ3n) is 5.75. The van der Waals surface area contributed by atoms with Crippen molar-refractivity contribution < 1.29 is 18.0 Å². The van der Waals surface area contributed by atoms with Crippen LogP contribution in [0, 0.1) is 0 Å². The van der Waals surface area contributed by atoms with E-state index >= 15 is 0 Å². The Labute approximate surface area is 228 Å². The van der Waals surface area contributed by atoms with E-state index in [0.717, 1.165) is 18.2 Å². The van der Waals surface area contributed by atoms with Crippen molar-refractivity contribution in [2.24, 2.45) is 0 Å². The molecule has 0 radical (unpaired) electrons. The Morgan fingerprint density at radius 2 is 1.72 bits per heavy atom. The van der Waals surface area contributed by atoms with Crippen LogP contribution >= 0.6 is 34.8 Å². The van der Waals surface area contributed by atoms with E-state index in [9.17, 15) is 18.0 Å². The second-order valence-electron chi connectivity index (χ2n) is 8.68. The molecule has 2 aromatic carbocycles. The number of nitrogens with zero attached hydrogens (tertiary/aromatic N) is 2. The zero-order chi connectivity index (χ0) is 27.0. The Balaban J connectivity index is 2.20. The molecule has 198 valence electrons. The van der Waals surface area contributed by atoms with Gasteiger partial charge in [0.15, 0.2) is 0 Å². The first kappa shape index (κ1) is 30.2. The van der Waals surface area contributed by atoms with Crippen LogP contribution in [0.25, 0.3) is 0 Å². The number of carbonyl (C=O) groups is 2. The van der Waals surface area contributed by atoms with Crippen LogP contribution in [0.3, 0.4) is 0 Å². The zero-order valence-corrected chi connectivity index (χ0v) is 23.9. The minimum atomic E-state index is -3.60. The molecule has 0 saturated heterocycles. The smallest absolute Gasteiger partial charge is 0.242 e. The van der Waals surface area contributed by atoms with Crippen LogP contribution in [0.2, 0.25) is 15.1 Å². The highest BCUT2D eigenvalue weighted by Gasteiger charge is 2.27. The van der Waals surface area contributed by atoms with Gasteiger partial charge in [-0.15, -0.1) is 0 Å². The summed E-state index contributed by atoms with van der Waals surface area (Å²) < 4.78 is 26.0. The van der Waals surface area contributed by atoms with Crippen LogP contribution in [0.1, 0.15) is 45.6 Å². The van der Waals surface area contributed by atoms with E-state index in [4.69, 9.17) is 34.8 Å². The molecule has 7 nitrogen and oxygen atoms in total. The lowest BCUT2D eigenvalue weighted by molar-refractivity contribution is -0.140. The van der Waals surface area contributed by atoms with E-state index in [1.54, 1.807) is 49.4 Å². The highest BCUT2D eigenvalue weighted by Crippen LogP contribution is 2.25. The predicted molar refractivity (Wildman–Crippen MR) is 147 cm³/mol. The first-order chi connectivity index (χ1) is 16.8. The molecule has 0 aromatic heterocycles. The van der Waals surface area contributed by atoms with Gasteiger partial charge in [-0.05, 0) is 62.6 Å². The number of sulfonamides is 1. The third kappa shape index (κ3) is 8.83. The van der Waals surface area contributed by atoms with Gasteiger partial charge in [0.2, 0.25) is 21.8 Å². The van der Waals surface area contributed by atoms with Crippen LogP contribution in [0.5, 0.6) is 0 Å². The Morgan fingerprint density at radius 3 is 2.31 bits per heavy atom. The number of amides is 2. The van der Waals surface area contributed by atoms with Crippen molar-refractivity contribution in [1.82, 2.24) is 10.2 Å². The topological polar surface area (TPSA) is 86.8 Å². The standard InChI is InChI=1S/C25H32Cl3N3O4S/c1-5-17(2)29-25(33)18(3)30(16-19-11-12-22(27)23(28)14-19)24(32)10-7-13-31(36(4,34)35)21-9-6-8-20(26)15-21/h6,8-9,11-12,14-15,17-18H,5,7,10,13,16H2,1-4H3,(H,29,33)/t17-,18+/m0/s1. The molecule has 0 heterocycles. The maximum atomic E-state index is 13.3. The summed E-state index contributed by atoms with van der Waals surface area (Å²) in [5, 5.41) is 4.06. The SMILES string of the molecule is CC[C@H](C)NC(=O)[C@@H](C)N(Cc1ccc(Cl)c(Cl)c1)C(=O)CCCN(c1cccc(Cl)c1)S(C)(=O)=O. The van der Waals surface area contributed by atoms with Gasteiger partial charge >= 0.3 is 0 Å². The normalized spacial score (nSPS) is 13.1. The molecule has 0 aliphatic carbocycles. The van der Waals surface area contributed by atoms with Gasteiger partial charge in [0, 0.05) is 30.6 Å². The average molecular weight is 577 g/mol. The number of hydrogen-bond donors (Lipinski definition) is 1. The lowest BCUT2D eigenvalue weighted by Gasteiger charge is -2.30. The quantitative estimate of drug-likeness (QED) is 0.360. The molecule has 0 aliphatic heterocycles. The van der Waals surface area contributed by atoms with Gasteiger partial charge in [-0.1, -0.05) is 53.9 Å². The number of anilines is 1. The van der Waals surface area contributed by atoms with Gasteiger partial charge in [-0.2, -0.15) is 0 Å². The third-order valence-corrected chi connectivity index (χ3v) is 7.92. The number of hydrogen-bond acceptors (Lipinski definition) is 4. The van der Waals surface area contributed by atoms with E-state index in [0.29, 0.717) is 20.8 Å². The fourth-order valence-electron chi connectivity index (χ4n) is 3.52. The molecule has 2 amide bonds. The van der Waals surface area contributed by atoms with Crippen molar-refractivity contribution in [3.63, 3.8) is 0 Å². The molecule has 2 atom stereocenters. The minimum Gasteiger partial charge on any atom is -0.352 e. The number of rotatable bonds is 12. The van der Waals surface area contributed by atoms with Crippen molar-refractivity contribution in [2.75, 3.05) is 17.1 Å². The molecule has 0 saturated carbocycles. The lowest BCUT2D eigenvalue weighted by Crippen LogP contribution is -2.49. The van der Waals surface area contributed by atoms with Crippen LogP contribution in [0.4, 0.5) is 5.69 Å². The molecule has 36 heavy (non-hydrogen) atoms. The minimum absolute atomic E-state index is 0.0366. The molecule has 0 bridgehead atoms. The summed E-state index contributed by atoms with van der Waals surface area (Å²) in [7, 11) is -3.60. The van der Waals surface area contributed by atoms with E-state index in [1.807, 2.05) is 13.8 Å². The Kier molecular flexibility index (Phi) is 11.3. The van der Waals surface area contributed by atoms with Gasteiger partial charge in [0.1, 0.15) is 6.04 Å². The summed E-state index contributed by atoms with van der Waals surface area (Å²) in [4.78, 5) is 27.6. The van der Waals surface area contributed by atoms with Crippen molar-refractivity contribution >= 4 is 62.3 Å². The number of halogens is 3. The molecule has 0 fully saturated rings. The first-order valence-electron chi connectivity index (χ1n) is 11.6. The molecular formula is C25H32Cl3N3O4S. The summed E-state index contributed by atoms with van der Waals surface area (Å²) in [6.45, 7) is 5.75. The summed E-state index contributed by atoms with van der Waals surface area (Å²) in [5.41, 5.74) is 1.14. The fourth-order valence-corrected chi connectivity index (χ4v) is 4.98. The largest absolute Gasteiger partial charge is 0.352 e. The number of benzene rings is 2. The predicted octanol–water partition coefficient (Wildman–Crippen LogP) is 5.53. The average Bonchev–Trinajstić information content (AvgIpc) is 2.80.